The van der Waals surface area contributed by atoms with Gasteiger partial charge in [0.25, 0.3) is 0 Å². The van der Waals surface area contributed by atoms with Gasteiger partial charge in [-0.3, -0.25) is 5.43 Å². The molecule has 2 aliphatic rings. The Kier molecular flexibility index (Phi) is 4.46. The molecule has 3 atom stereocenters. The zero-order chi connectivity index (χ0) is 14.5. The topological polar surface area (TPSA) is 36.4 Å². The van der Waals surface area contributed by atoms with Crippen LogP contribution in [0.2, 0.25) is 0 Å². The van der Waals surface area contributed by atoms with E-state index in [1.807, 2.05) is 42.5 Å². The van der Waals surface area contributed by atoms with Gasteiger partial charge in [0.15, 0.2) is 5.11 Å². The van der Waals surface area contributed by atoms with E-state index in [9.17, 15) is 0 Å². The molecule has 3 rings (SSSR count). The van der Waals surface area contributed by atoms with E-state index in [2.05, 4.69) is 28.0 Å². The summed E-state index contributed by atoms with van der Waals surface area (Å²) in [6.45, 7) is 0. The first-order valence-electron chi connectivity index (χ1n) is 7.31. The molecule has 0 radical (unpaired) electrons. The van der Waals surface area contributed by atoms with Crippen molar-refractivity contribution in [2.24, 2.45) is 16.9 Å². The van der Waals surface area contributed by atoms with Crippen molar-refractivity contribution in [1.82, 2.24) is 10.7 Å². The van der Waals surface area contributed by atoms with Crippen LogP contribution in [0, 0.1) is 11.8 Å². The molecule has 1 saturated carbocycles. The molecule has 0 amide bonds. The van der Waals surface area contributed by atoms with Crippen LogP contribution in [0.15, 0.2) is 53.7 Å². The molecule has 0 saturated heterocycles. The molecule has 2 bridgehead atoms. The predicted octanol–water partition coefficient (Wildman–Crippen LogP) is 3.11. The molecule has 2 N–H and O–H groups in total. The number of nitrogens with zero attached hydrogens (tertiary/aromatic N) is 1. The maximum absolute atomic E-state index is 5.27. The van der Waals surface area contributed by atoms with Crippen molar-refractivity contribution in [2.45, 2.75) is 18.9 Å². The van der Waals surface area contributed by atoms with Crippen molar-refractivity contribution in [3.8, 4) is 0 Å². The number of fused-ring (bicyclic) bond motifs is 2. The molecular formula is C17H19N3S. The van der Waals surface area contributed by atoms with Crippen molar-refractivity contribution in [1.29, 1.82) is 0 Å². The Balaban J connectivity index is 1.40. The van der Waals surface area contributed by atoms with Crippen LogP contribution in [0.4, 0.5) is 0 Å². The first kappa shape index (κ1) is 14.0. The number of nitrogens with one attached hydrogen (secondary N) is 2. The second-order valence-corrected chi connectivity index (χ2v) is 5.93. The Bertz CT molecular complexity index is 577. The van der Waals surface area contributed by atoms with Crippen molar-refractivity contribution < 1.29 is 0 Å². The summed E-state index contributed by atoms with van der Waals surface area (Å²) >= 11 is 5.27. The van der Waals surface area contributed by atoms with E-state index in [0.717, 1.165) is 11.5 Å². The molecule has 0 unspecified atom stereocenters. The quantitative estimate of drug-likeness (QED) is 0.388. The Morgan fingerprint density at radius 2 is 2.05 bits per heavy atom. The van der Waals surface area contributed by atoms with E-state index >= 15 is 0 Å². The van der Waals surface area contributed by atoms with Crippen LogP contribution in [-0.4, -0.2) is 17.4 Å². The van der Waals surface area contributed by atoms with E-state index < -0.39 is 0 Å². The molecule has 1 fully saturated rings. The largest absolute Gasteiger partial charge is 0.358 e. The molecule has 2 aliphatic carbocycles. The van der Waals surface area contributed by atoms with E-state index in [4.69, 9.17) is 12.2 Å². The summed E-state index contributed by atoms with van der Waals surface area (Å²) in [6, 6.07) is 10.6. The van der Waals surface area contributed by atoms with Crippen molar-refractivity contribution in [3.63, 3.8) is 0 Å². The summed E-state index contributed by atoms with van der Waals surface area (Å²) in [5, 5.41) is 8.06. The smallest absolute Gasteiger partial charge is 0.187 e. The van der Waals surface area contributed by atoms with E-state index in [-0.39, 0.29) is 0 Å². The summed E-state index contributed by atoms with van der Waals surface area (Å²) in [7, 11) is 0. The van der Waals surface area contributed by atoms with E-state index in [1.165, 1.54) is 12.8 Å². The zero-order valence-corrected chi connectivity index (χ0v) is 12.6. The van der Waals surface area contributed by atoms with E-state index in [0.29, 0.717) is 17.1 Å². The molecule has 4 heteroatoms. The number of rotatable bonds is 4. The molecule has 108 valence electrons. The molecule has 0 spiro atoms. The minimum atomic E-state index is 0.468. The van der Waals surface area contributed by atoms with Gasteiger partial charge in [0.2, 0.25) is 0 Å². The third kappa shape index (κ3) is 3.79. The van der Waals surface area contributed by atoms with Crippen molar-refractivity contribution in [2.75, 3.05) is 0 Å². The minimum Gasteiger partial charge on any atom is -0.358 e. The standard InChI is InChI=1S/C17H19N3S/c21-17(19-16-12-14-8-9-15(16)11-14)20-18-10-4-7-13-5-2-1-3-6-13/h1-10,14-16H,11-12H2,(H2,19,20,21)/b7-4+,18-10-/t14-,15+,16-/m0/s1. The first-order valence-corrected chi connectivity index (χ1v) is 7.72. The fourth-order valence-electron chi connectivity index (χ4n) is 3.00. The molecule has 3 nitrogen and oxygen atoms in total. The minimum absolute atomic E-state index is 0.468. The van der Waals surface area contributed by atoms with E-state index in [1.54, 1.807) is 6.21 Å². The molecule has 21 heavy (non-hydrogen) atoms. The van der Waals surface area contributed by atoms with Crippen LogP contribution in [0.5, 0.6) is 0 Å². The average Bonchev–Trinajstić information content (AvgIpc) is 3.10. The van der Waals surface area contributed by atoms with Gasteiger partial charge in [0.05, 0.1) is 0 Å². The monoisotopic (exact) mass is 297 g/mol. The SMILES string of the molecule is S=C(N/N=C\C=C\c1ccccc1)N[C@H]1C[C@H]2C=C[C@@H]1C2. The van der Waals surface area contributed by atoms with Gasteiger partial charge in [0.1, 0.15) is 0 Å². The summed E-state index contributed by atoms with van der Waals surface area (Å²) in [5.41, 5.74) is 4.02. The Morgan fingerprint density at radius 3 is 2.76 bits per heavy atom. The van der Waals surface area contributed by atoms with Crippen LogP contribution in [-0.2, 0) is 0 Å². The highest BCUT2D eigenvalue weighted by atomic mass is 32.1. The number of thiocarbonyl (C=S) groups is 1. The Morgan fingerprint density at radius 1 is 1.19 bits per heavy atom. The third-order valence-electron chi connectivity index (χ3n) is 4.01. The van der Waals surface area contributed by atoms with Gasteiger partial charge < -0.3 is 5.32 Å². The second-order valence-electron chi connectivity index (χ2n) is 5.52. The lowest BCUT2D eigenvalue weighted by molar-refractivity contribution is 0.521. The molecule has 0 heterocycles. The molecular weight excluding hydrogens is 278 g/mol. The van der Waals surface area contributed by atoms with Crippen LogP contribution < -0.4 is 10.7 Å². The molecule has 0 aliphatic heterocycles. The lowest BCUT2D eigenvalue weighted by atomic mass is 10.0. The second kappa shape index (κ2) is 6.68. The number of hydrogen-bond acceptors (Lipinski definition) is 2. The normalized spacial score (nSPS) is 26.8. The maximum atomic E-state index is 5.27. The zero-order valence-electron chi connectivity index (χ0n) is 11.8. The number of benzene rings is 1. The van der Waals surface area contributed by atoms with Crippen LogP contribution in [0.3, 0.4) is 0 Å². The van der Waals surface area contributed by atoms with Crippen molar-refractivity contribution >= 4 is 29.6 Å². The number of hydrogen-bond donors (Lipinski definition) is 2. The lowest BCUT2D eigenvalue weighted by Crippen LogP contribution is -2.41. The van der Waals surface area contributed by atoms with Gasteiger partial charge in [0, 0.05) is 12.3 Å². The highest BCUT2D eigenvalue weighted by molar-refractivity contribution is 7.80. The maximum Gasteiger partial charge on any atom is 0.187 e. The van der Waals surface area contributed by atoms with Gasteiger partial charge in [-0.25, -0.2) is 0 Å². The van der Waals surface area contributed by atoms with Gasteiger partial charge in [-0.15, -0.1) is 0 Å². The summed E-state index contributed by atoms with van der Waals surface area (Å²) in [4.78, 5) is 0. The predicted molar refractivity (Wildman–Crippen MR) is 92.0 cm³/mol. The van der Waals surface area contributed by atoms with Gasteiger partial charge in [-0.2, -0.15) is 5.10 Å². The van der Waals surface area contributed by atoms with Crippen LogP contribution >= 0.6 is 12.2 Å². The van der Waals surface area contributed by atoms with Crippen molar-refractivity contribution in [3.05, 3.63) is 54.1 Å². The average molecular weight is 297 g/mol. The van der Waals surface area contributed by atoms with Gasteiger partial charge >= 0.3 is 0 Å². The van der Waals surface area contributed by atoms with Crippen LogP contribution in [0.1, 0.15) is 18.4 Å². The van der Waals surface area contributed by atoms with Crippen LogP contribution in [0.25, 0.3) is 6.08 Å². The fraction of sp³-hybridized carbons (Fsp3) is 0.294. The lowest BCUT2D eigenvalue weighted by Gasteiger charge is -2.20. The van der Waals surface area contributed by atoms with Gasteiger partial charge in [-0.05, 0) is 48.5 Å². The summed E-state index contributed by atoms with van der Waals surface area (Å²) < 4.78 is 0. The number of hydrazone groups is 1. The summed E-state index contributed by atoms with van der Waals surface area (Å²) in [6.07, 6.45) is 12.7. The number of allylic oxidation sites excluding steroid dienone is 2. The first-order chi connectivity index (χ1) is 10.3. The Labute approximate surface area is 130 Å². The highest BCUT2D eigenvalue weighted by Crippen LogP contribution is 2.38. The molecule has 0 aromatic heterocycles. The fourth-order valence-corrected chi connectivity index (χ4v) is 3.21. The third-order valence-corrected chi connectivity index (χ3v) is 4.22. The Hall–Kier alpha value is -1.94. The molecule has 1 aromatic carbocycles. The molecule has 1 aromatic rings. The highest BCUT2D eigenvalue weighted by Gasteiger charge is 2.35. The van der Waals surface area contributed by atoms with Gasteiger partial charge in [-0.1, -0.05) is 48.6 Å². The summed E-state index contributed by atoms with van der Waals surface area (Å²) in [5.74, 6) is 1.38.